The number of Topliss-reactive ketones (excluding diaryl/α,β-unsaturated/α-hetero) is 3. The van der Waals surface area contributed by atoms with Crippen LogP contribution in [0.2, 0.25) is 0 Å². The van der Waals surface area contributed by atoms with Crippen LogP contribution < -0.4 is 0 Å². The summed E-state index contributed by atoms with van der Waals surface area (Å²) >= 11 is 0. The van der Waals surface area contributed by atoms with E-state index >= 15 is 4.79 Å². The Bertz CT molecular complexity index is 2560. The zero-order valence-electron chi connectivity index (χ0n) is 27.8. The molecule has 6 aromatic carbocycles. The van der Waals surface area contributed by atoms with Crippen LogP contribution in [0.25, 0.3) is 44.5 Å². The van der Waals surface area contributed by atoms with E-state index in [1.807, 2.05) is 107 Å². The molecular weight excluding hydrogens is 601 g/mol. The highest BCUT2D eigenvalue weighted by atomic mass is 16.1. The molecule has 10 rings (SSSR count). The number of carbonyl (C=O) groups excluding carboxylic acids is 3. The minimum Gasteiger partial charge on any atom is -0.293 e. The van der Waals surface area contributed by atoms with Crippen LogP contribution in [0.4, 0.5) is 0 Å². The smallest absolute Gasteiger partial charge is 0.182 e. The van der Waals surface area contributed by atoms with Crippen molar-refractivity contribution in [3.63, 3.8) is 0 Å². The highest BCUT2D eigenvalue weighted by Crippen LogP contribution is 2.61. The second-order valence-corrected chi connectivity index (χ2v) is 15.1. The van der Waals surface area contributed by atoms with Gasteiger partial charge in [-0.2, -0.15) is 0 Å². The van der Waals surface area contributed by atoms with Crippen LogP contribution in [0.1, 0.15) is 86.6 Å². The van der Waals surface area contributed by atoms with Crippen LogP contribution in [0.5, 0.6) is 0 Å². The average Bonchev–Trinajstić information content (AvgIpc) is 3.41. The maximum Gasteiger partial charge on any atom is 0.182 e. The number of hydrogen-bond acceptors (Lipinski definition) is 3. The molecule has 0 radical (unpaired) electrons. The van der Waals surface area contributed by atoms with Gasteiger partial charge in [-0.3, -0.25) is 14.4 Å². The van der Waals surface area contributed by atoms with E-state index in [0.29, 0.717) is 16.7 Å². The maximum absolute atomic E-state index is 15.8. The van der Waals surface area contributed by atoms with Crippen molar-refractivity contribution in [2.75, 3.05) is 0 Å². The van der Waals surface area contributed by atoms with Crippen molar-refractivity contribution >= 4 is 17.3 Å². The third-order valence-electron chi connectivity index (χ3n) is 12.0. The van der Waals surface area contributed by atoms with Gasteiger partial charge in [0.1, 0.15) is 5.41 Å². The molecule has 3 heteroatoms. The summed E-state index contributed by atoms with van der Waals surface area (Å²) in [5, 5.41) is 0. The Morgan fingerprint density at radius 3 is 1.31 bits per heavy atom. The Morgan fingerprint density at radius 2 is 0.694 bits per heavy atom. The predicted molar refractivity (Wildman–Crippen MR) is 194 cm³/mol. The summed E-state index contributed by atoms with van der Waals surface area (Å²) in [7, 11) is 0. The van der Waals surface area contributed by atoms with Gasteiger partial charge in [-0.25, -0.2) is 0 Å². The Hall–Kier alpha value is -5.67. The second kappa shape index (κ2) is 9.06. The highest BCUT2D eigenvalue weighted by molar-refractivity contribution is 6.23. The van der Waals surface area contributed by atoms with Crippen molar-refractivity contribution in [3.05, 3.63) is 166 Å². The van der Waals surface area contributed by atoms with Crippen LogP contribution in [0.15, 0.2) is 121 Å². The normalized spacial score (nSPS) is 19.6. The van der Waals surface area contributed by atoms with E-state index < -0.39 is 16.2 Å². The van der Waals surface area contributed by atoms with Crippen molar-refractivity contribution in [1.29, 1.82) is 0 Å². The lowest BCUT2D eigenvalue weighted by Crippen LogP contribution is -2.41. The van der Waals surface area contributed by atoms with Crippen molar-refractivity contribution in [2.24, 2.45) is 0 Å². The molecule has 3 nitrogen and oxygen atoms in total. The van der Waals surface area contributed by atoms with Crippen LogP contribution >= 0.6 is 0 Å². The standard InChI is InChI=1S/C46H32O3/c1-44(2)36-18-10-7-14-26(36)30-22-35-31(21-34(30)42(44)48)27-15-8-11-19-37(27)46(43(35)49)38-20-12-9-16-28(38)33-23-39-32(24-40(33)46)25-13-5-6-17-29(25)41(47)45(39,3)4/h5-24H,1-4H3. The molecule has 4 aliphatic rings. The Kier molecular flexibility index (Phi) is 5.24. The topological polar surface area (TPSA) is 51.2 Å². The average molecular weight is 633 g/mol. The molecule has 0 saturated carbocycles. The molecule has 0 aliphatic heterocycles. The molecule has 4 aliphatic carbocycles. The van der Waals surface area contributed by atoms with Crippen molar-refractivity contribution < 1.29 is 14.4 Å². The van der Waals surface area contributed by atoms with Crippen molar-refractivity contribution in [1.82, 2.24) is 0 Å². The molecule has 49 heavy (non-hydrogen) atoms. The van der Waals surface area contributed by atoms with E-state index in [-0.39, 0.29) is 17.3 Å². The number of hydrogen-bond donors (Lipinski definition) is 0. The van der Waals surface area contributed by atoms with E-state index in [1.54, 1.807) is 0 Å². The molecule has 1 spiro atoms. The summed E-state index contributed by atoms with van der Waals surface area (Å²) < 4.78 is 0. The van der Waals surface area contributed by atoms with Gasteiger partial charge in [-0.15, -0.1) is 0 Å². The highest BCUT2D eigenvalue weighted by Gasteiger charge is 2.56. The third kappa shape index (κ3) is 3.22. The quantitative estimate of drug-likeness (QED) is 0.167. The van der Waals surface area contributed by atoms with Gasteiger partial charge in [-0.05, 0) is 124 Å². The monoisotopic (exact) mass is 632 g/mol. The maximum atomic E-state index is 15.8. The SMILES string of the molecule is CC1(C)C(=O)c2cc3c(cc2-c2ccccc21)C(=O)C1(c2ccccc2-3)c2ccccc2-c2cc3c(cc21)-c1ccccc1C(=O)C3(C)C. The molecule has 0 saturated heterocycles. The first-order valence-corrected chi connectivity index (χ1v) is 17.0. The molecular formula is C46H32O3. The molecule has 1 unspecified atom stereocenters. The molecule has 0 amide bonds. The van der Waals surface area contributed by atoms with Crippen molar-refractivity contribution in [2.45, 2.75) is 43.9 Å². The van der Waals surface area contributed by atoms with Crippen molar-refractivity contribution in [3.8, 4) is 44.5 Å². The van der Waals surface area contributed by atoms with Gasteiger partial charge in [0, 0.05) is 16.7 Å². The van der Waals surface area contributed by atoms with E-state index in [9.17, 15) is 9.59 Å². The summed E-state index contributed by atoms with van der Waals surface area (Å²) in [6, 6.07) is 40.7. The fourth-order valence-electron chi connectivity index (χ4n) is 9.48. The van der Waals surface area contributed by atoms with E-state index in [0.717, 1.165) is 72.3 Å². The van der Waals surface area contributed by atoms with E-state index in [2.05, 4.69) is 42.5 Å². The van der Waals surface area contributed by atoms with Crippen LogP contribution in [0, 0.1) is 0 Å². The lowest BCUT2D eigenvalue weighted by atomic mass is 9.60. The summed E-state index contributed by atoms with van der Waals surface area (Å²) in [6.45, 7) is 8.00. The lowest BCUT2D eigenvalue weighted by molar-refractivity contribution is 0.0900. The first-order valence-electron chi connectivity index (χ1n) is 17.0. The number of benzene rings is 6. The fourth-order valence-corrected chi connectivity index (χ4v) is 9.48. The van der Waals surface area contributed by atoms with Gasteiger partial charge in [-0.1, -0.05) is 97.1 Å². The second-order valence-electron chi connectivity index (χ2n) is 15.1. The van der Waals surface area contributed by atoms with Gasteiger partial charge in [0.15, 0.2) is 17.3 Å². The van der Waals surface area contributed by atoms with E-state index in [1.165, 1.54) is 0 Å². The number of rotatable bonds is 0. The molecule has 6 aromatic rings. The summed E-state index contributed by atoms with van der Waals surface area (Å²) in [6.07, 6.45) is 0. The molecule has 234 valence electrons. The molecule has 0 heterocycles. The van der Waals surface area contributed by atoms with Gasteiger partial charge >= 0.3 is 0 Å². The largest absolute Gasteiger partial charge is 0.293 e. The van der Waals surface area contributed by atoms with Gasteiger partial charge < -0.3 is 0 Å². The Labute approximate surface area is 285 Å². The number of carbonyl (C=O) groups is 3. The Balaban J connectivity index is 1.32. The summed E-state index contributed by atoms with van der Waals surface area (Å²) in [5.41, 5.74) is 11.7. The molecule has 1 atom stereocenters. The molecule has 0 aromatic heterocycles. The lowest BCUT2D eigenvalue weighted by Gasteiger charge is -2.40. The predicted octanol–water partition coefficient (Wildman–Crippen LogP) is 10.1. The minimum atomic E-state index is -1.11. The van der Waals surface area contributed by atoms with Gasteiger partial charge in [0.25, 0.3) is 0 Å². The van der Waals surface area contributed by atoms with Crippen LogP contribution in [-0.4, -0.2) is 17.3 Å². The molecule has 0 fully saturated rings. The van der Waals surface area contributed by atoms with Gasteiger partial charge in [0.2, 0.25) is 0 Å². The first-order chi connectivity index (χ1) is 23.6. The first kappa shape index (κ1) is 28.4. The zero-order chi connectivity index (χ0) is 33.6. The van der Waals surface area contributed by atoms with E-state index in [4.69, 9.17) is 0 Å². The number of ketones is 3. The number of fused-ring (bicyclic) bond motifs is 15. The summed E-state index contributed by atoms with van der Waals surface area (Å²) in [4.78, 5) is 43.8. The third-order valence-corrected chi connectivity index (χ3v) is 12.0. The van der Waals surface area contributed by atoms with Gasteiger partial charge in [0.05, 0.1) is 10.8 Å². The minimum absolute atomic E-state index is 0.00402. The van der Waals surface area contributed by atoms with Crippen LogP contribution in [0.3, 0.4) is 0 Å². The Morgan fingerprint density at radius 1 is 0.306 bits per heavy atom. The zero-order valence-corrected chi connectivity index (χ0v) is 27.8. The molecule has 0 N–H and O–H groups in total. The fraction of sp³-hybridized carbons (Fsp3) is 0.152. The van der Waals surface area contributed by atoms with Crippen LogP contribution in [-0.2, 0) is 16.2 Å². The summed E-state index contributed by atoms with van der Waals surface area (Å²) in [5.74, 6) is 0.171. The molecule has 0 bridgehead atoms.